The number of hydrogen-bond acceptors (Lipinski definition) is 2. The van der Waals surface area contributed by atoms with Crippen LogP contribution in [0.15, 0.2) is 24.3 Å². The first-order chi connectivity index (χ1) is 6.80. The van der Waals surface area contributed by atoms with Crippen molar-refractivity contribution in [3.8, 4) is 0 Å². The summed E-state index contributed by atoms with van der Waals surface area (Å²) in [6, 6.07) is 8.75. The van der Waals surface area contributed by atoms with Crippen LogP contribution in [0, 0.1) is 0 Å². The third-order valence-corrected chi connectivity index (χ3v) is 3.12. The van der Waals surface area contributed by atoms with E-state index in [9.17, 15) is 0 Å². The van der Waals surface area contributed by atoms with Gasteiger partial charge in [-0.3, -0.25) is 0 Å². The van der Waals surface area contributed by atoms with Gasteiger partial charge in [0.05, 0.1) is 18.6 Å². The average Bonchev–Trinajstić information content (AvgIpc) is 2.18. The second kappa shape index (κ2) is 3.71. The van der Waals surface area contributed by atoms with Gasteiger partial charge in [-0.2, -0.15) is 0 Å². The van der Waals surface area contributed by atoms with E-state index in [1.54, 1.807) is 0 Å². The summed E-state index contributed by atoms with van der Waals surface area (Å²) in [5, 5.41) is 0. The Morgan fingerprint density at radius 2 is 1.93 bits per heavy atom. The highest BCUT2D eigenvalue weighted by Crippen LogP contribution is 2.31. The van der Waals surface area contributed by atoms with Crippen LogP contribution in [0.4, 0.5) is 0 Å². The van der Waals surface area contributed by atoms with Gasteiger partial charge >= 0.3 is 0 Å². The number of ether oxygens (including phenoxy) is 1. The first-order valence-electron chi connectivity index (χ1n) is 5.18. The van der Waals surface area contributed by atoms with Gasteiger partial charge in [-0.25, -0.2) is 0 Å². The van der Waals surface area contributed by atoms with Crippen LogP contribution in [0.1, 0.15) is 18.1 Å². The highest BCUT2D eigenvalue weighted by Gasteiger charge is 2.38. The van der Waals surface area contributed by atoms with Crippen molar-refractivity contribution in [2.75, 3.05) is 19.8 Å². The Kier molecular flexibility index (Phi) is 2.57. The van der Waals surface area contributed by atoms with Crippen molar-refractivity contribution in [1.29, 1.82) is 0 Å². The summed E-state index contributed by atoms with van der Waals surface area (Å²) in [5.74, 6) is 0. The molecule has 0 aromatic heterocycles. The molecule has 14 heavy (non-hydrogen) atoms. The molecule has 2 rings (SSSR count). The Labute approximate surface area is 85.1 Å². The van der Waals surface area contributed by atoms with E-state index >= 15 is 0 Å². The summed E-state index contributed by atoms with van der Waals surface area (Å²) in [4.78, 5) is 0. The Balaban J connectivity index is 2.23. The van der Waals surface area contributed by atoms with Crippen molar-refractivity contribution in [2.45, 2.75) is 18.8 Å². The predicted octanol–water partition coefficient (Wildman–Crippen LogP) is 1.48. The average molecular weight is 191 g/mol. The maximum Gasteiger partial charge on any atom is 0.0597 e. The van der Waals surface area contributed by atoms with Gasteiger partial charge < -0.3 is 10.5 Å². The molecule has 1 heterocycles. The molecule has 0 radical (unpaired) electrons. The number of hydrogen-bond donors (Lipinski definition) is 1. The maximum atomic E-state index is 5.79. The fourth-order valence-electron chi connectivity index (χ4n) is 1.84. The Hall–Kier alpha value is -0.860. The molecule has 0 saturated carbocycles. The number of rotatable bonds is 3. The molecule has 0 bridgehead atoms. The molecule has 2 heteroatoms. The maximum absolute atomic E-state index is 5.79. The summed E-state index contributed by atoms with van der Waals surface area (Å²) in [7, 11) is 0. The van der Waals surface area contributed by atoms with Crippen molar-refractivity contribution in [2.24, 2.45) is 5.73 Å². The SMILES string of the molecule is CCc1ccc(C2(CN)COC2)cc1. The molecule has 1 saturated heterocycles. The molecule has 1 aromatic carbocycles. The van der Waals surface area contributed by atoms with E-state index in [0.29, 0.717) is 6.54 Å². The molecule has 0 spiro atoms. The first kappa shape index (κ1) is 9.69. The molecular weight excluding hydrogens is 174 g/mol. The van der Waals surface area contributed by atoms with Crippen LogP contribution in [0.2, 0.25) is 0 Å². The third kappa shape index (κ3) is 1.45. The number of benzene rings is 1. The summed E-state index contributed by atoms with van der Waals surface area (Å²) in [5.41, 5.74) is 8.59. The van der Waals surface area contributed by atoms with E-state index in [1.165, 1.54) is 11.1 Å². The van der Waals surface area contributed by atoms with E-state index in [0.717, 1.165) is 19.6 Å². The van der Waals surface area contributed by atoms with Gasteiger partial charge in [-0.15, -0.1) is 0 Å². The van der Waals surface area contributed by atoms with Gasteiger partial charge in [-0.05, 0) is 17.5 Å². The molecule has 76 valence electrons. The van der Waals surface area contributed by atoms with Crippen LogP contribution in [0.25, 0.3) is 0 Å². The van der Waals surface area contributed by atoms with Crippen LogP contribution < -0.4 is 5.73 Å². The zero-order chi connectivity index (χ0) is 10.0. The van der Waals surface area contributed by atoms with Crippen LogP contribution in [-0.4, -0.2) is 19.8 Å². The van der Waals surface area contributed by atoms with Crippen molar-refractivity contribution in [3.63, 3.8) is 0 Å². The lowest BCUT2D eigenvalue weighted by Gasteiger charge is -2.41. The molecule has 0 atom stereocenters. The Morgan fingerprint density at radius 1 is 1.29 bits per heavy atom. The zero-order valence-corrected chi connectivity index (χ0v) is 8.62. The highest BCUT2D eigenvalue weighted by atomic mass is 16.5. The van der Waals surface area contributed by atoms with Gasteiger partial charge in [-0.1, -0.05) is 31.2 Å². The van der Waals surface area contributed by atoms with E-state index < -0.39 is 0 Å². The molecule has 1 fully saturated rings. The smallest absolute Gasteiger partial charge is 0.0597 e. The molecule has 0 amide bonds. The summed E-state index contributed by atoms with van der Waals surface area (Å²) in [6.45, 7) is 4.39. The fraction of sp³-hybridized carbons (Fsp3) is 0.500. The van der Waals surface area contributed by atoms with Crippen molar-refractivity contribution in [3.05, 3.63) is 35.4 Å². The first-order valence-corrected chi connectivity index (χ1v) is 5.18. The molecule has 2 nitrogen and oxygen atoms in total. The molecule has 1 aliphatic rings. The minimum absolute atomic E-state index is 0.103. The van der Waals surface area contributed by atoms with Crippen molar-refractivity contribution in [1.82, 2.24) is 0 Å². The summed E-state index contributed by atoms with van der Waals surface area (Å²) in [6.07, 6.45) is 1.09. The fourth-order valence-corrected chi connectivity index (χ4v) is 1.84. The lowest BCUT2D eigenvalue weighted by Crippen LogP contribution is -2.52. The molecular formula is C12H17NO. The van der Waals surface area contributed by atoms with Gasteiger partial charge in [0.15, 0.2) is 0 Å². The lowest BCUT2D eigenvalue weighted by molar-refractivity contribution is -0.0550. The van der Waals surface area contributed by atoms with Gasteiger partial charge in [0.25, 0.3) is 0 Å². The van der Waals surface area contributed by atoms with Gasteiger partial charge in [0.1, 0.15) is 0 Å². The summed E-state index contributed by atoms with van der Waals surface area (Å²) < 4.78 is 5.26. The zero-order valence-electron chi connectivity index (χ0n) is 8.62. The molecule has 1 aliphatic heterocycles. The van der Waals surface area contributed by atoms with E-state index in [4.69, 9.17) is 10.5 Å². The van der Waals surface area contributed by atoms with Crippen LogP contribution in [0.5, 0.6) is 0 Å². The summed E-state index contributed by atoms with van der Waals surface area (Å²) >= 11 is 0. The quantitative estimate of drug-likeness (QED) is 0.785. The molecule has 0 aliphatic carbocycles. The second-order valence-electron chi connectivity index (χ2n) is 4.03. The normalized spacial score (nSPS) is 19.0. The predicted molar refractivity (Wildman–Crippen MR) is 57.4 cm³/mol. The van der Waals surface area contributed by atoms with Crippen LogP contribution in [-0.2, 0) is 16.6 Å². The van der Waals surface area contributed by atoms with E-state index in [1.807, 2.05) is 0 Å². The van der Waals surface area contributed by atoms with E-state index in [-0.39, 0.29) is 5.41 Å². The van der Waals surface area contributed by atoms with Gasteiger partial charge in [0, 0.05) is 6.54 Å². The molecule has 1 aromatic rings. The lowest BCUT2D eigenvalue weighted by atomic mass is 9.78. The monoisotopic (exact) mass is 191 g/mol. The van der Waals surface area contributed by atoms with Gasteiger partial charge in [0.2, 0.25) is 0 Å². The molecule has 2 N–H and O–H groups in total. The number of aryl methyl sites for hydroxylation is 1. The Bertz CT molecular complexity index is 295. The highest BCUT2D eigenvalue weighted by molar-refractivity contribution is 5.31. The van der Waals surface area contributed by atoms with Crippen LogP contribution >= 0.6 is 0 Å². The largest absolute Gasteiger partial charge is 0.379 e. The molecule has 0 unspecified atom stereocenters. The van der Waals surface area contributed by atoms with Crippen LogP contribution in [0.3, 0.4) is 0 Å². The van der Waals surface area contributed by atoms with Crippen molar-refractivity contribution >= 4 is 0 Å². The topological polar surface area (TPSA) is 35.2 Å². The van der Waals surface area contributed by atoms with E-state index in [2.05, 4.69) is 31.2 Å². The minimum Gasteiger partial charge on any atom is -0.379 e. The Morgan fingerprint density at radius 3 is 2.29 bits per heavy atom. The minimum atomic E-state index is 0.103. The number of nitrogens with two attached hydrogens (primary N) is 1. The van der Waals surface area contributed by atoms with Crippen molar-refractivity contribution < 1.29 is 4.74 Å². The standard InChI is InChI=1S/C12H17NO/c1-2-10-3-5-11(6-4-10)12(7-13)8-14-9-12/h3-6H,2,7-9,13H2,1H3. The second-order valence-corrected chi connectivity index (χ2v) is 4.03. The third-order valence-electron chi connectivity index (χ3n) is 3.12.